The molecule has 0 bridgehead atoms. The van der Waals surface area contributed by atoms with Crippen molar-refractivity contribution in [2.75, 3.05) is 36.5 Å². The third-order valence-electron chi connectivity index (χ3n) is 6.33. The van der Waals surface area contributed by atoms with Crippen LogP contribution >= 0.6 is 0 Å². The van der Waals surface area contributed by atoms with Crippen LogP contribution in [0.3, 0.4) is 0 Å². The summed E-state index contributed by atoms with van der Waals surface area (Å²) >= 11 is 0. The summed E-state index contributed by atoms with van der Waals surface area (Å²) in [5.74, 6) is 1.44. The largest absolute Gasteiger partial charge is 0.378 e. The molecule has 2 aromatic carbocycles. The monoisotopic (exact) mass is 466 g/mol. The Hall–Kier alpha value is -4.24. The van der Waals surface area contributed by atoms with Crippen molar-refractivity contribution in [1.82, 2.24) is 29.5 Å². The number of fused-ring (bicyclic) bond motifs is 1. The summed E-state index contributed by atoms with van der Waals surface area (Å²) in [5.41, 5.74) is 6.08. The van der Waals surface area contributed by atoms with E-state index < -0.39 is 0 Å². The first-order valence-electron chi connectivity index (χ1n) is 11.6. The number of morpholine rings is 1. The van der Waals surface area contributed by atoms with Gasteiger partial charge in [0.25, 0.3) is 0 Å². The average molecular weight is 467 g/mol. The molecule has 1 saturated heterocycles. The van der Waals surface area contributed by atoms with Gasteiger partial charge in [0.1, 0.15) is 5.82 Å². The van der Waals surface area contributed by atoms with Crippen LogP contribution in [0, 0.1) is 0 Å². The van der Waals surface area contributed by atoms with Crippen molar-refractivity contribution in [2.45, 2.75) is 0 Å². The second-order valence-corrected chi connectivity index (χ2v) is 8.62. The van der Waals surface area contributed by atoms with E-state index in [0.29, 0.717) is 19.2 Å². The molecule has 1 aliphatic heterocycles. The second-order valence-electron chi connectivity index (χ2n) is 8.62. The Labute approximate surface area is 203 Å². The standard InChI is InChI=1S/C26H26N8O/c1-32-23(9-10-27-32)18-5-7-21(8-6-18)29-25-16-22(30-26(31-25)34-11-13-35-14-12-34)19-3-4-20-17-28-33(2)24(20)15-19/h3-10,15-17H,11-14H2,1-2H3,(H,29,30,31). The number of hydrogen-bond acceptors (Lipinski definition) is 7. The van der Waals surface area contributed by atoms with Gasteiger partial charge in [-0.1, -0.05) is 24.3 Å². The summed E-state index contributed by atoms with van der Waals surface area (Å²) in [4.78, 5) is 12.0. The van der Waals surface area contributed by atoms with E-state index in [4.69, 9.17) is 14.7 Å². The maximum absolute atomic E-state index is 5.54. The molecule has 3 aromatic heterocycles. The highest BCUT2D eigenvalue weighted by atomic mass is 16.5. The molecule has 0 unspecified atom stereocenters. The van der Waals surface area contributed by atoms with E-state index in [1.54, 1.807) is 6.20 Å². The Morgan fingerprint density at radius 2 is 1.63 bits per heavy atom. The normalized spacial score (nSPS) is 13.9. The first-order valence-corrected chi connectivity index (χ1v) is 11.6. The quantitative estimate of drug-likeness (QED) is 0.419. The minimum Gasteiger partial charge on any atom is -0.378 e. The minimum absolute atomic E-state index is 0.673. The number of nitrogens with zero attached hydrogens (tertiary/aromatic N) is 7. The molecule has 5 aromatic rings. The molecule has 0 amide bonds. The summed E-state index contributed by atoms with van der Waals surface area (Å²) < 4.78 is 9.28. The van der Waals surface area contributed by atoms with Crippen LogP contribution in [0.25, 0.3) is 33.4 Å². The van der Waals surface area contributed by atoms with E-state index in [1.165, 1.54) is 0 Å². The molecular weight excluding hydrogens is 440 g/mol. The number of rotatable bonds is 5. The molecule has 0 radical (unpaired) electrons. The Morgan fingerprint density at radius 1 is 0.829 bits per heavy atom. The fraction of sp³-hybridized carbons (Fsp3) is 0.231. The molecule has 0 atom stereocenters. The van der Waals surface area contributed by atoms with Crippen molar-refractivity contribution < 1.29 is 4.74 Å². The maximum atomic E-state index is 5.54. The lowest BCUT2D eigenvalue weighted by atomic mass is 10.1. The summed E-state index contributed by atoms with van der Waals surface area (Å²) in [5, 5.41) is 13.2. The van der Waals surface area contributed by atoms with Crippen molar-refractivity contribution in [3.8, 4) is 22.5 Å². The maximum Gasteiger partial charge on any atom is 0.228 e. The van der Waals surface area contributed by atoms with E-state index in [-0.39, 0.29) is 0 Å². The molecule has 1 aliphatic rings. The zero-order valence-corrected chi connectivity index (χ0v) is 19.7. The van der Waals surface area contributed by atoms with Crippen molar-refractivity contribution in [2.24, 2.45) is 14.1 Å². The smallest absolute Gasteiger partial charge is 0.228 e. The number of aromatic nitrogens is 6. The molecule has 1 fully saturated rings. The molecule has 176 valence electrons. The van der Waals surface area contributed by atoms with Gasteiger partial charge in [-0.25, -0.2) is 4.98 Å². The lowest BCUT2D eigenvalue weighted by molar-refractivity contribution is 0.122. The van der Waals surface area contributed by atoms with E-state index >= 15 is 0 Å². The molecule has 0 aliphatic carbocycles. The van der Waals surface area contributed by atoms with E-state index in [9.17, 15) is 0 Å². The van der Waals surface area contributed by atoms with Gasteiger partial charge in [0, 0.05) is 56.1 Å². The third-order valence-corrected chi connectivity index (χ3v) is 6.33. The van der Waals surface area contributed by atoms with Gasteiger partial charge >= 0.3 is 0 Å². The van der Waals surface area contributed by atoms with Gasteiger partial charge in [0.15, 0.2) is 0 Å². The summed E-state index contributed by atoms with van der Waals surface area (Å²) in [6.45, 7) is 2.88. The van der Waals surface area contributed by atoms with Crippen LogP contribution in [-0.2, 0) is 18.8 Å². The number of aryl methyl sites for hydroxylation is 2. The van der Waals surface area contributed by atoms with Crippen molar-refractivity contribution in [1.29, 1.82) is 0 Å². The number of benzene rings is 2. The van der Waals surface area contributed by atoms with Gasteiger partial charge < -0.3 is 15.0 Å². The van der Waals surface area contributed by atoms with Crippen molar-refractivity contribution >= 4 is 28.4 Å². The summed E-state index contributed by atoms with van der Waals surface area (Å²) in [6, 6.07) is 18.6. The van der Waals surface area contributed by atoms with Crippen LogP contribution in [-0.4, -0.2) is 55.8 Å². The number of ether oxygens (including phenoxy) is 1. The summed E-state index contributed by atoms with van der Waals surface area (Å²) in [6.07, 6.45) is 3.68. The molecular formula is C26H26N8O. The Morgan fingerprint density at radius 3 is 2.40 bits per heavy atom. The second kappa shape index (κ2) is 8.84. The third kappa shape index (κ3) is 4.22. The zero-order valence-electron chi connectivity index (χ0n) is 19.7. The van der Waals surface area contributed by atoms with Gasteiger partial charge in [0.05, 0.1) is 36.3 Å². The van der Waals surface area contributed by atoms with Crippen LogP contribution in [0.5, 0.6) is 0 Å². The Bertz CT molecular complexity index is 1480. The molecule has 4 heterocycles. The lowest BCUT2D eigenvalue weighted by Gasteiger charge is -2.27. The molecule has 1 N–H and O–H groups in total. The minimum atomic E-state index is 0.673. The Balaban J connectivity index is 1.36. The van der Waals surface area contributed by atoms with E-state index in [2.05, 4.69) is 62.9 Å². The molecule has 35 heavy (non-hydrogen) atoms. The number of nitrogens with one attached hydrogen (secondary N) is 1. The highest BCUT2D eigenvalue weighted by Crippen LogP contribution is 2.28. The fourth-order valence-electron chi connectivity index (χ4n) is 4.38. The van der Waals surface area contributed by atoms with Crippen molar-refractivity contribution in [3.05, 3.63) is 67.0 Å². The van der Waals surface area contributed by atoms with Crippen LogP contribution < -0.4 is 10.2 Å². The lowest BCUT2D eigenvalue weighted by Crippen LogP contribution is -2.37. The van der Waals surface area contributed by atoms with E-state index in [0.717, 1.165) is 58.0 Å². The van der Waals surface area contributed by atoms with Gasteiger partial charge in [-0.15, -0.1) is 0 Å². The van der Waals surface area contributed by atoms with Crippen LogP contribution in [0.15, 0.2) is 67.0 Å². The number of anilines is 3. The zero-order chi connectivity index (χ0) is 23.8. The van der Waals surface area contributed by atoms with Gasteiger partial charge in [-0.05, 0) is 29.8 Å². The van der Waals surface area contributed by atoms with E-state index in [1.807, 2.05) is 41.8 Å². The Kier molecular flexibility index (Phi) is 5.38. The molecule has 0 spiro atoms. The van der Waals surface area contributed by atoms with Crippen LogP contribution in [0.4, 0.5) is 17.5 Å². The topological polar surface area (TPSA) is 85.9 Å². The summed E-state index contributed by atoms with van der Waals surface area (Å²) in [7, 11) is 3.90. The molecule has 0 saturated carbocycles. The van der Waals surface area contributed by atoms with Gasteiger partial charge in [-0.3, -0.25) is 9.36 Å². The molecule has 9 heteroatoms. The first-order chi connectivity index (χ1) is 17.1. The van der Waals surface area contributed by atoms with Crippen molar-refractivity contribution in [3.63, 3.8) is 0 Å². The van der Waals surface area contributed by atoms with Crippen LogP contribution in [0.1, 0.15) is 0 Å². The van der Waals surface area contributed by atoms with Crippen LogP contribution in [0.2, 0.25) is 0 Å². The predicted molar refractivity (Wildman–Crippen MR) is 137 cm³/mol. The highest BCUT2D eigenvalue weighted by molar-refractivity contribution is 5.84. The predicted octanol–water partition coefficient (Wildman–Crippen LogP) is 4.01. The fourth-order valence-corrected chi connectivity index (χ4v) is 4.38. The molecule has 9 nitrogen and oxygen atoms in total. The average Bonchev–Trinajstić information content (AvgIpc) is 3.50. The van der Waals surface area contributed by atoms with Gasteiger partial charge in [-0.2, -0.15) is 15.2 Å². The number of hydrogen-bond donors (Lipinski definition) is 1. The van der Waals surface area contributed by atoms with Gasteiger partial charge in [0.2, 0.25) is 5.95 Å². The highest BCUT2D eigenvalue weighted by Gasteiger charge is 2.17. The molecule has 6 rings (SSSR count). The first kappa shape index (κ1) is 21.3. The SMILES string of the molecule is Cn1nccc1-c1ccc(Nc2cc(-c3ccc4cnn(C)c4c3)nc(N3CCOCC3)n2)cc1.